The van der Waals surface area contributed by atoms with E-state index in [4.69, 9.17) is 4.74 Å². The summed E-state index contributed by atoms with van der Waals surface area (Å²) < 4.78 is 23.4. The molecule has 0 amide bonds. The number of hydrogen-bond acceptors (Lipinski definition) is 4. The summed E-state index contributed by atoms with van der Waals surface area (Å²) >= 11 is 4.45. The maximum atomic E-state index is 13.0. The van der Waals surface area contributed by atoms with E-state index >= 15 is 0 Å². The van der Waals surface area contributed by atoms with Crippen molar-refractivity contribution in [2.75, 3.05) is 0 Å². The average molecular weight is 317 g/mol. The van der Waals surface area contributed by atoms with Crippen LogP contribution in [0.15, 0.2) is 22.7 Å². The molecule has 0 fully saturated rings. The quantitative estimate of drug-likeness (QED) is 0.844. The molecule has 0 aliphatic heterocycles. The standard InChI is InChI=1S/C11H10BrFN2OS/c1-6(2)10-14-11(17-15-10)16-9-5-7(13)3-4-8(9)12/h3-6H,1-2H3. The molecule has 6 heteroatoms. The Morgan fingerprint density at radius 2 is 2.18 bits per heavy atom. The van der Waals surface area contributed by atoms with Crippen LogP contribution in [0.5, 0.6) is 10.9 Å². The molecule has 1 aromatic carbocycles. The summed E-state index contributed by atoms with van der Waals surface area (Å²) in [4.78, 5) is 4.22. The highest BCUT2D eigenvalue weighted by Gasteiger charge is 2.11. The van der Waals surface area contributed by atoms with Crippen LogP contribution in [0, 0.1) is 5.82 Å². The van der Waals surface area contributed by atoms with Crippen LogP contribution in [0.2, 0.25) is 0 Å². The molecule has 0 aliphatic rings. The Labute approximate surface area is 111 Å². The number of nitrogens with zero attached hydrogens (tertiary/aromatic N) is 2. The fraction of sp³-hybridized carbons (Fsp3) is 0.273. The van der Waals surface area contributed by atoms with E-state index in [1.165, 1.54) is 12.1 Å². The Morgan fingerprint density at radius 3 is 2.82 bits per heavy atom. The van der Waals surface area contributed by atoms with Crippen molar-refractivity contribution in [1.29, 1.82) is 0 Å². The van der Waals surface area contributed by atoms with Gasteiger partial charge in [-0.1, -0.05) is 13.8 Å². The van der Waals surface area contributed by atoms with Gasteiger partial charge in [0.1, 0.15) is 17.4 Å². The van der Waals surface area contributed by atoms with Crippen molar-refractivity contribution >= 4 is 27.5 Å². The second kappa shape index (κ2) is 5.10. The first-order chi connectivity index (χ1) is 8.06. The fourth-order valence-electron chi connectivity index (χ4n) is 1.15. The Kier molecular flexibility index (Phi) is 3.73. The van der Waals surface area contributed by atoms with Crippen molar-refractivity contribution < 1.29 is 9.13 Å². The SMILES string of the molecule is CC(C)c1nsc(Oc2cc(F)ccc2Br)n1. The number of aromatic nitrogens is 2. The molecule has 3 nitrogen and oxygen atoms in total. The molecule has 0 atom stereocenters. The van der Waals surface area contributed by atoms with Crippen molar-refractivity contribution in [3.8, 4) is 10.9 Å². The van der Waals surface area contributed by atoms with Crippen LogP contribution >= 0.6 is 27.5 Å². The van der Waals surface area contributed by atoms with E-state index in [9.17, 15) is 4.39 Å². The van der Waals surface area contributed by atoms with Gasteiger partial charge in [-0.3, -0.25) is 0 Å². The molecule has 0 saturated heterocycles. The van der Waals surface area contributed by atoms with Crippen LogP contribution in [-0.2, 0) is 0 Å². The van der Waals surface area contributed by atoms with E-state index in [0.717, 1.165) is 17.4 Å². The van der Waals surface area contributed by atoms with Crippen molar-refractivity contribution in [1.82, 2.24) is 9.36 Å². The summed E-state index contributed by atoms with van der Waals surface area (Å²) in [5.74, 6) is 1.03. The minimum Gasteiger partial charge on any atom is -0.429 e. The van der Waals surface area contributed by atoms with Crippen LogP contribution < -0.4 is 4.74 Å². The summed E-state index contributed by atoms with van der Waals surface area (Å²) in [7, 11) is 0. The van der Waals surface area contributed by atoms with Crippen molar-refractivity contribution in [3.63, 3.8) is 0 Å². The van der Waals surface area contributed by atoms with Crippen LogP contribution in [-0.4, -0.2) is 9.36 Å². The van der Waals surface area contributed by atoms with E-state index in [2.05, 4.69) is 25.3 Å². The highest BCUT2D eigenvalue weighted by atomic mass is 79.9. The maximum Gasteiger partial charge on any atom is 0.298 e. The van der Waals surface area contributed by atoms with E-state index in [1.807, 2.05) is 13.8 Å². The molecule has 0 unspecified atom stereocenters. The molecule has 0 N–H and O–H groups in total. The van der Waals surface area contributed by atoms with Gasteiger partial charge in [-0.2, -0.15) is 9.36 Å². The second-order valence-electron chi connectivity index (χ2n) is 3.75. The first-order valence-corrected chi connectivity index (χ1v) is 6.59. The normalized spacial score (nSPS) is 10.9. The van der Waals surface area contributed by atoms with E-state index in [-0.39, 0.29) is 11.7 Å². The molecular formula is C11H10BrFN2OS. The van der Waals surface area contributed by atoms with Gasteiger partial charge in [-0.05, 0) is 28.1 Å². The molecule has 0 aliphatic carbocycles. The van der Waals surface area contributed by atoms with Crippen molar-refractivity contribution in [2.45, 2.75) is 19.8 Å². The monoisotopic (exact) mass is 316 g/mol. The molecule has 2 aromatic rings. The lowest BCUT2D eigenvalue weighted by atomic mass is 10.2. The molecule has 0 spiro atoms. The summed E-state index contributed by atoms with van der Waals surface area (Å²) in [5.41, 5.74) is 0. The zero-order chi connectivity index (χ0) is 12.4. The Bertz CT molecular complexity index is 530. The van der Waals surface area contributed by atoms with Crippen LogP contribution in [0.3, 0.4) is 0 Å². The third-order valence-electron chi connectivity index (χ3n) is 2.03. The molecule has 0 saturated carbocycles. The first kappa shape index (κ1) is 12.4. The number of benzene rings is 1. The van der Waals surface area contributed by atoms with Crippen molar-refractivity contribution in [3.05, 3.63) is 34.3 Å². The molecule has 17 heavy (non-hydrogen) atoms. The van der Waals surface area contributed by atoms with Crippen LogP contribution in [0.25, 0.3) is 0 Å². The number of hydrogen-bond donors (Lipinski definition) is 0. The number of rotatable bonds is 3. The van der Waals surface area contributed by atoms with E-state index in [0.29, 0.717) is 15.4 Å². The van der Waals surface area contributed by atoms with Crippen molar-refractivity contribution in [2.24, 2.45) is 0 Å². The maximum absolute atomic E-state index is 13.0. The molecule has 90 valence electrons. The summed E-state index contributed by atoms with van der Waals surface area (Å²) in [6.07, 6.45) is 0. The van der Waals surface area contributed by atoms with Gasteiger partial charge in [-0.15, -0.1) is 0 Å². The predicted octanol–water partition coefficient (Wildman–Crippen LogP) is 4.36. The van der Waals surface area contributed by atoms with Gasteiger partial charge >= 0.3 is 0 Å². The van der Waals surface area contributed by atoms with Gasteiger partial charge in [0.2, 0.25) is 0 Å². The van der Waals surface area contributed by atoms with Gasteiger partial charge < -0.3 is 4.74 Å². The van der Waals surface area contributed by atoms with E-state index < -0.39 is 0 Å². The Hall–Kier alpha value is -1.01. The lowest BCUT2D eigenvalue weighted by molar-refractivity contribution is 0.467. The zero-order valence-electron chi connectivity index (χ0n) is 9.28. The van der Waals surface area contributed by atoms with Gasteiger partial charge in [0.25, 0.3) is 5.19 Å². The summed E-state index contributed by atoms with van der Waals surface area (Å²) in [5, 5.41) is 0.417. The van der Waals surface area contributed by atoms with Gasteiger partial charge in [-0.25, -0.2) is 4.39 Å². The fourth-order valence-corrected chi connectivity index (χ4v) is 2.16. The zero-order valence-corrected chi connectivity index (χ0v) is 11.7. The summed E-state index contributed by atoms with van der Waals surface area (Å²) in [6, 6.07) is 4.26. The lowest BCUT2D eigenvalue weighted by Crippen LogP contribution is -1.90. The summed E-state index contributed by atoms with van der Waals surface area (Å²) in [6.45, 7) is 4.01. The second-order valence-corrected chi connectivity index (χ2v) is 5.32. The van der Waals surface area contributed by atoms with Gasteiger partial charge in [0.05, 0.1) is 4.47 Å². The topological polar surface area (TPSA) is 35.0 Å². The number of halogens is 2. The minimum absolute atomic E-state index is 0.250. The minimum atomic E-state index is -0.350. The van der Waals surface area contributed by atoms with Gasteiger partial charge in [0, 0.05) is 23.5 Å². The molecule has 0 bridgehead atoms. The largest absolute Gasteiger partial charge is 0.429 e. The molecular weight excluding hydrogens is 307 g/mol. The molecule has 1 aromatic heterocycles. The Balaban J connectivity index is 2.22. The average Bonchev–Trinajstić information content (AvgIpc) is 2.72. The predicted molar refractivity (Wildman–Crippen MR) is 68.2 cm³/mol. The third kappa shape index (κ3) is 3.01. The molecule has 0 radical (unpaired) electrons. The lowest BCUT2D eigenvalue weighted by Gasteiger charge is -2.03. The Morgan fingerprint density at radius 1 is 1.41 bits per heavy atom. The first-order valence-electron chi connectivity index (χ1n) is 5.03. The highest BCUT2D eigenvalue weighted by molar-refractivity contribution is 9.10. The van der Waals surface area contributed by atoms with Gasteiger partial charge in [0.15, 0.2) is 0 Å². The number of ether oxygens (including phenoxy) is 1. The molecule has 2 rings (SSSR count). The van der Waals surface area contributed by atoms with E-state index in [1.54, 1.807) is 6.07 Å². The molecule has 1 heterocycles. The highest BCUT2D eigenvalue weighted by Crippen LogP contribution is 2.31. The van der Waals surface area contributed by atoms with Crippen LogP contribution in [0.1, 0.15) is 25.6 Å². The third-order valence-corrected chi connectivity index (χ3v) is 3.29. The smallest absolute Gasteiger partial charge is 0.298 e. The van der Waals surface area contributed by atoms with Crippen LogP contribution in [0.4, 0.5) is 4.39 Å².